The van der Waals surface area contributed by atoms with Gasteiger partial charge in [-0.25, -0.2) is 11.0 Å². The van der Waals surface area contributed by atoms with Gasteiger partial charge in [0.2, 0.25) is 0 Å². The first-order valence-electron chi connectivity index (χ1n) is 8.95. The third-order valence-corrected chi connectivity index (χ3v) is 9.70. The van der Waals surface area contributed by atoms with Crippen LogP contribution in [0.3, 0.4) is 0 Å². The Balaban J connectivity index is 1.94. The maximum absolute atomic E-state index is 6.77. The van der Waals surface area contributed by atoms with Gasteiger partial charge < -0.3 is 4.43 Å². The van der Waals surface area contributed by atoms with Gasteiger partial charge in [0, 0.05) is 0 Å². The predicted octanol–water partition coefficient (Wildman–Crippen LogP) is 1.06. The van der Waals surface area contributed by atoms with E-state index in [1.807, 2.05) is 12.1 Å². The topological polar surface area (TPSA) is 82.1 Å². The number of nitrogens with zero attached hydrogens (tertiary/aromatic N) is 5. The molecule has 0 fully saturated rings. The van der Waals surface area contributed by atoms with Crippen molar-refractivity contribution in [1.82, 2.24) is 20.3 Å². The average Bonchev–Trinajstić information content (AvgIpc) is 3.20. The zero-order chi connectivity index (χ0) is 19.3. The third-order valence-electron chi connectivity index (χ3n) is 4.66. The van der Waals surface area contributed by atoms with Crippen LogP contribution in [0.15, 0.2) is 67.0 Å². The van der Waals surface area contributed by atoms with Crippen LogP contribution in [0, 0.1) is 0 Å². The lowest BCUT2D eigenvalue weighted by Gasteiger charge is -2.43. The number of hydrogen-bond acceptors (Lipinski definition) is 6. The molecule has 2 N–H and O–H groups in total. The van der Waals surface area contributed by atoms with E-state index in [0.717, 1.165) is 0 Å². The minimum Gasteiger partial charge on any atom is -0.405 e. The molecule has 0 aliphatic heterocycles. The van der Waals surface area contributed by atoms with Gasteiger partial charge in [0.25, 0.3) is 8.32 Å². The number of nitrogens with two attached hydrogens (primary N) is 1. The van der Waals surface area contributed by atoms with Crippen LogP contribution in [0.4, 0.5) is 0 Å². The Hall–Kier alpha value is -2.55. The molecular formula is C19H26N6OSi. The SMILES string of the molecule is CC(C)(C)[Si](OCCN(N)n1cnnn1)(c1ccccc1)c1ccccc1. The van der Waals surface area contributed by atoms with Crippen molar-refractivity contribution in [3.63, 3.8) is 0 Å². The molecule has 0 aliphatic carbocycles. The number of tetrazole rings is 1. The summed E-state index contributed by atoms with van der Waals surface area (Å²) in [6.45, 7) is 7.68. The fourth-order valence-corrected chi connectivity index (χ4v) is 7.98. The highest BCUT2D eigenvalue weighted by Gasteiger charge is 2.50. The molecule has 0 bridgehead atoms. The average molecular weight is 383 g/mol. The van der Waals surface area contributed by atoms with Crippen LogP contribution in [0.2, 0.25) is 5.04 Å². The molecule has 8 heteroatoms. The lowest BCUT2D eigenvalue weighted by Crippen LogP contribution is -2.67. The molecule has 0 amide bonds. The van der Waals surface area contributed by atoms with Gasteiger partial charge in [-0.2, -0.15) is 0 Å². The molecule has 0 atom stereocenters. The lowest BCUT2D eigenvalue weighted by atomic mass is 10.2. The molecule has 3 aromatic rings. The largest absolute Gasteiger partial charge is 0.405 e. The summed E-state index contributed by atoms with van der Waals surface area (Å²) in [5, 5.41) is 14.9. The number of hydrazine groups is 1. The van der Waals surface area contributed by atoms with Crippen LogP contribution >= 0.6 is 0 Å². The van der Waals surface area contributed by atoms with Gasteiger partial charge in [-0.3, -0.25) is 0 Å². The minimum absolute atomic E-state index is 0.0655. The predicted molar refractivity (Wildman–Crippen MR) is 109 cm³/mol. The molecule has 0 radical (unpaired) electrons. The molecule has 142 valence electrons. The number of benzene rings is 2. The summed E-state index contributed by atoms with van der Waals surface area (Å²) in [5.41, 5.74) is 0. The first-order valence-corrected chi connectivity index (χ1v) is 10.9. The Kier molecular flexibility index (Phi) is 5.69. The van der Waals surface area contributed by atoms with Crippen LogP contribution in [-0.4, -0.2) is 41.8 Å². The van der Waals surface area contributed by atoms with Crippen LogP contribution in [0.1, 0.15) is 20.8 Å². The second-order valence-corrected chi connectivity index (χ2v) is 11.7. The van der Waals surface area contributed by atoms with Crippen molar-refractivity contribution in [2.75, 3.05) is 18.3 Å². The molecule has 27 heavy (non-hydrogen) atoms. The highest BCUT2D eigenvalue weighted by atomic mass is 28.4. The molecule has 1 heterocycles. The molecule has 3 rings (SSSR count). The summed E-state index contributed by atoms with van der Waals surface area (Å²) in [6, 6.07) is 21.1. The van der Waals surface area contributed by atoms with Gasteiger partial charge in [-0.05, 0) is 25.8 Å². The van der Waals surface area contributed by atoms with E-state index in [1.165, 1.54) is 26.6 Å². The summed E-state index contributed by atoms with van der Waals surface area (Å²) in [5.74, 6) is 6.04. The monoisotopic (exact) mass is 382 g/mol. The van der Waals surface area contributed by atoms with E-state index in [0.29, 0.717) is 13.2 Å². The first kappa shape index (κ1) is 19.2. The van der Waals surface area contributed by atoms with Crippen molar-refractivity contribution in [3.8, 4) is 0 Å². The summed E-state index contributed by atoms with van der Waals surface area (Å²) >= 11 is 0. The number of aromatic nitrogens is 4. The fraction of sp³-hybridized carbons (Fsp3) is 0.316. The minimum atomic E-state index is -2.54. The second kappa shape index (κ2) is 7.99. The Bertz CT molecular complexity index is 781. The zero-order valence-electron chi connectivity index (χ0n) is 16.0. The van der Waals surface area contributed by atoms with E-state index >= 15 is 0 Å². The van der Waals surface area contributed by atoms with Crippen LogP contribution in [0.25, 0.3) is 0 Å². The summed E-state index contributed by atoms with van der Waals surface area (Å²) in [6.07, 6.45) is 1.46. The Morgan fingerprint density at radius 3 is 2.00 bits per heavy atom. The van der Waals surface area contributed by atoms with E-state index in [-0.39, 0.29) is 5.04 Å². The van der Waals surface area contributed by atoms with E-state index in [2.05, 4.69) is 84.8 Å². The Labute approximate surface area is 160 Å². The maximum Gasteiger partial charge on any atom is 0.261 e. The third kappa shape index (κ3) is 3.92. The van der Waals surface area contributed by atoms with E-state index in [1.54, 1.807) is 0 Å². The Morgan fingerprint density at radius 1 is 1.00 bits per heavy atom. The summed E-state index contributed by atoms with van der Waals surface area (Å²) in [4.78, 5) is 1.40. The van der Waals surface area contributed by atoms with Crippen molar-refractivity contribution < 1.29 is 4.43 Å². The smallest absolute Gasteiger partial charge is 0.261 e. The summed E-state index contributed by atoms with van der Waals surface area (Å²) < 4.78 is 6.77. The quantitative estimate of drug-likeness (QED) is 0.374. The van der Waals surface area contributed by atoms with Crippen molar-refractivity contribution in [3.05, 3.63) is 67.0 Å². The maximum atomic E-state index is 6.77. The molecule has 0 saturated heterocycles. The molecular weight excluding hydrogens is 356 g/mol. The molecule has 0 unspecified atom stereocenters. The highest BCUT2D eigenvalue weighted by Crippen LogP contribution is 2.36. The van der Waals surface area contributed by atoms with Crippen LogP contribution < -0.4 is 21.3 Å². The summed E-state index contributed by atoms with van der Waals surface area (Å²) in [7, 11) is -2.54. The van der Waals surface area contributed by atoms with Gasteiger partial charge in [-0.1, -0.05) is 81.4 Å². The zero-order valence-corrected chi connectivity index (χ0v) is 17.0. The van der Waals surface area contributed by atoms with Crippen molar-refractivity contribution in [2.45, 2.75) is 25.8 Å². The van der Waals surface area contributed by atoms with Gasteiger partial charge in [0.1, 0.15) is 0 Å². The molecule has 1 aromatic heterocycles. The lowest BCUT2D eigenvalue weighted by molar-refractivity contribution is 0.291. The highest BCUT2D eigenvalue weighted by molar-refractivity contribution is 6.99. The van der Waals surface area contributed by atoms with Gasteiger partial charge in [-0.15, -0.1) is 9.89 Å². The fourth-order valence-electron chi connectivity index (χ4n) is 3.43. The van der Waals surface area contributed by atoms with Gasteiger partial charge in [0.05, 0.1) is 13.2 Å². The van der Waals surface area contributed by atoms with Gasteiger partial charge >= 0.3 is 0 Å². The molecule has 0 saturated carbocycles. The van der Waals surface area contributed by atoms with Crippen LogP contribution in [-0.2, 0) is 4.43 Å². The van der Waals surface area contributed by atoms with E-state index < -0.39 is 8.32 Å². The van der Waals surface area contributed by atoms with Crippen molar-refractivity contribution >= 4 is 18.7 Å². The number of hydrogen-bond donors (Lipinski definition) is 1. The molecule has 7 nitrogen and oxygen atoms in total. The van der Waals surface area contributed by atoms with E-state index in [4.69, 9.17) is 10.3 Å². The number of rotatable bonds is 7. The molecule has 2 aromatic carbocycles. The standard InChI is InChI=1S/C19H26N6OSi/c1-19(2,3)27(17-10-6-4-7-11-17,18-12-8-5-9-13-18)26-15-14-24(20)25-16-21-22-23-25/h4-13,16H,14-15,20H2,1-3H3. The normalized spacial score (nSPS) is 12.1. The van der Waals surface area contributed by atoms with Crippen molar-refractivity contribution in [2.24, 2.45) is 5.84 Å². The Morgan fingerprint density at radius 2 is 1.56 bits per heavy atom. The second-order valence-electron chi connectivity index (χ2n) is 7.40. The van der Waals surface area contributed by atoms with E-state index in [9.17, 15) is 0 Å². The van der Waals surface area contributed by atoms with Gasteiger partial charge in [0.15, 0.2) is 6.33 Å². The molecule has 0 spiro atoms. The molecule has 0 aliphatic rings. The first-order chi connectivity index (χ1) is 12.9. The van der Waals surface area contributed by atoms with Crippen LogP contribution in [0.5, 0.6) is 0 Å². The van der Waals surface area contributed by atoms with Crippen molar-refractivity contribution in [1.29, 1.82) is 0 Å².